The zero-order valence-corrected chi connectivity index (χ0v) is 12.3. The number of Topliss-reactive ketones (excluding diaryl/α,β-unsaturated/α-hetero) is 1. The van der Waals surface area contributed by atoms with E-state index in [1.807, 2.05) is 54.6 Å². The highest BCUT2D eigenvalue weighted by Crippen LogP contribution is 2.40. The van der Waals surface area contributed by atoms with Gasteiger partial charge in [0.15, 0.2) is 0 Å². The molecule has 0 atom stereocenters. The third kappa shape index (κ3) is 2.62. The second kappa shape index (κ2) is 5.58. The minimum Gasteiger partial charge on any atom is -0.288 e. The van der Waals surface area contributed by atoms with Crippen LogP contribution in [0.1, 0.15) is 17.3 Å². The molecule has 0 saturated heterocycles. The van der Waals surface area contributed by atoms with Crippen LogP contribution in [0.3, 0.4) is 0 Å². The molecular formula is C17H13NO2S. The van der Waals surface area contributed by atoms with Gasteiger partial charge in [-0.2, -0.15) is 0 Å². The van der Waals surface area contributed by atoms with E-state index in [-0.39, 0.29) is 11.7 Å². The van der Waals surface area contributed by atoms with Crippen LogP contribution < -0.4 is 4.90 Å². The Kier molecular flexibility index (Phi) is 3.62. The van der Waals surface area contributed by atoms with Gasteiger partial charge in [-0.05, 0) is 24.3 Å². The lowest BCUT2D eigenvalue weighted by molar-refractivity contribution is -0.116. The molecule has 3 nitrogen and oxygen atoms in total. The average Bonchev–Trinajstić information content (AvgIpc) is 2.82. The van der Waals surface area contributed by atoms with E-state index >= 15 is 0 Å². The number of benzene rings is 2. The molecule has 1 aliphatic rings. The van der Waals surface area contributed by atoms with Crippen LogP contribution in [0.15, 0.2) is 70.6 Å². The highest BCUT2D eigenvalue weighted by atomic mass is 32.2. The van der Waals surface area contributed by atoms with Gasteiger partial charge >= 0.3 is 0 Å². The molecule has 4 heteroatoms. The van der Waals surface area contributed by atoms with Gasteiger partial charge in [0.2, 0.25) is 11.7 Å². The molecular weight excluding hydrogens is 282 g/mol. The molecule has 0 aromatic heterocycles. The first-order valence-electron chi connectivity index (χ1n) is 6.55. The predicted octanol–water partition coefficient (Wildman–Crippen LogP) is 3.87. The fraction of sp³-hybridized carbons (Fsp3) is 0.0588. The van der Waals surface area contributed by atoms with Crippen LogP contribution >= 0.6 is 11.8 Å². The van der Waals surface area contributed by atoms with Gasteiger partial charge in [-0.15, -0.1) is 0 Å². The summed E-state index contributed by atoms with van der Waals surface area (Å²) in [5.74, 6) is -0.157. The lowest BCUT2D eigenvalue weighted by Crippen LogP contribution is -2.22. The van der Waals surface area contributed by atoms with Gasteiger partial charge in [0, 0.05) is 29.3 Å². The van der Waals surface area contributed by atoms with Crippen LogP contribution in [0.25, 0.3) is 0 Å². The molecule has 0 aliphatic carbocycles. The Morgan fingerprint density at radius 2 is 1.71 bits per heavy atom. The van der Waals surface area contributed by atoms with Crippen LogP contribution in [0.2, 0.25) is 0 Å². The molecule has 104 valence electrons. The zero-order valence-electron chi connectivity index (χ0n) is 11.4. The number of carbonyl (C=O) groups excluding carboxylic acids is 2. The molecule has 1 amide bonds. The summed E-state index contributed by atoms with van der Waals surface area (Å²) in [6.07, 6.45) is 1.63. The van der Waals surface area contributed by atoms with Gasteiger partial charge < -0.3 is 0 Å². The molecule has 0 bridgehead atoms. The monoisotopic (exact) mass is 295 g/mol. The molecule has 1 aliphatic heterocycles. The van der Waals surface area contributed by atoms with Crippen LogP contribution in [0.5, 0.6) is 0 Å². The number of ketones is 1. The summed E-state index contributed by atoms with van der Waals surface area (Å²) >= 11 is 1.40. The molecule has 2 aromatic rings. The number of nitrogens with zero attached hydrogens (tertiary/aromatic N) is 1. The first-order valence-corrected chi connectivity index (χ1v) is 7.37. The fourth-order valence-electron chi connectivity index (χ4n) is 2.18. The largest absolute Gasteiger partial charge is 0.288 e. The Bertz CT molecular complexity index is 737. The van der Waals surface area contributed by atoms with Gasteiger partial charge in [-0.25, -0.2) is 0 Å². The molecule has 0 radical (unpaired) electrons. The number of thioether (sulfide) groups is 1. The van der Waals surface area contributed by atoms with Crippen molar-refractivity contribution in [3.8, 4) is 0 Å². The summed E-state index contributed by atoms with van der Waals surface area (Å²) in [5.41, 5.74) is 1.45. The van der Waals surface area contributed by atoms with Crippen molar-refractivity contribution in [1.29, 1.82) is 0 Å². The average molecular weight is 295 g/mol. The Morgan fingerprint density at radius 1 is 1.05 bits per heavy atom. The quantitative estimate of drug-likeness (QED) is 0.789. The van der Waals surface area contributed by atoms with Crippen molar-refractivity contribution >= 4 is 29.1 Å². The van der Waals surface area contributed by atoms with Crippen molar-refractivity contribution in [3.63, 3.8) is 0 Å². The second-order valence-electron chi connectivity index (χ2n) is 4.65. The molecule has 3 rings (SSSR count). The van der Waals surface area contributed by atoms with Crippen molar-refractivity contribution in [2.24, 2.45) is 0 Å². The highest BCUT2D eigenvalue weighted by Gasteiger charge is 2.26. The van der Waals surface area contributed by atoms with Crippen molar-refractivity contribution in [1.82, 2.24) is 0 Å². The smallest absolute Gasteiger partial charge is 0.227 e. The van der Waals surface area contributed by atoms with Crippen LogP contribution in [-0.2, 0) is 4.79 Å². The molecule has 0 unspecified atom stereocenters. The third-order valence-corrected chi connectivity index (χ3v) is 4.28. The van der Waals surface area contributed by atoms with E-state index < -0.39 is 0 Å². The van der Waals surface area contributed by atoms with Gasteiger partial charge in [0.1, 0.15) is 0 Å². The number of hydrogen-bond acceptors (Lipinski definition) is 3. The topological polar surface area (TPSA) is 37.4 Å². The minimum absolute atomic E-state index is 0.0298. The third-order valence-electron chi connectivity index (χ3n) is 3.20. The number of para-hydroxylation sites is 1. The van der Waals surface area contributed by atoms with Gasteiger partial charge in [-0.3, -0.25) is 14.5 Å². The van der Waals surface area contributed by atoms with Crippen LogP contribution in [0, 0.1) is 0 Å². The maximum atomic E-state index is 12.4. The lowest BCUT2D eigenvalue weighted by atomic mass is 10.1. The van der Waals surface area contributed by atoms with Crippen molar-refractivity contribution in [2.45, 2.75) is 11.8 Å². The Balaban J connectivity index is 1.98. The summed E-state index contributed by atoms with van der Waals surface area (Å²) in [5, 5.41) is 0. The molecule has 0 fully saturated rings. The summed E-state index contributed by atoms with van der Waals surface area (Å²) in [7, 11) is 0. The summed E-state index contributed by atoms with van der Waals surface area (Å²) < 4.78 is 0. The predicted molar refractivity (Wildman–Crippen MR) is 84.3 cm³/mol. The van der Waals surface area contributed by atoms with E-state index in [0.717, 1.165) is 10.6 Å². The Morgan fingerprint density at radius 3 is 2.38 bits per heavy atom. The molecule has 1 heterocycles. The normalized spacial score (nSPS) is 15.1. The standard InChI is InChI=1S/C17H13NO2S/c1-12(19)18(13-7-3-2-4-8-13)11-16-17(20)14-9-5-6-10-15(14)21-16/h2-11H,1H3/b16-11-. The van der Waals surface area contributed by atoms with Gasteiger partial charge in [0.25, 0.3) is 0 Å². The first kappa shape index (κ1) is 13.6. The van der Waals surface area contributed by atoms with E-state index in [1.165, 1.54) is 23.6 Å². The number of allylic oxidation sites excluding steroid dienone is 1. The number of amides is 1. The van der Waals surface area contributed by atoms with Crippen molar-refractivity contribution in [2.75, 3.05) is 4.90 Å². The van der Waals surface area contributed by atoms with Gasteiger partial charge in [-0.1, -0.05) is 42.1 Å². The van der Waals surface area contributed by atoms with E-state index in [2.05, 4.69) is 0 Å². The zero-order chi connectivity index (χ0) is 14.8. The van der Waals surface area contributed by atoms with Crippen LogP contribution in [-0.4, -0.2) is 11.7 Å². The Hall–Kier alpha value is -2.33. The maximum Gasteiger partial charge on any atom is 0.227 e. The van der Waals surface area contributed by atoms with E-state index in [0.29, 0.717) is 10.5 Å². The molecule has 0 N–H and O–H groups in total. The van der Waals surface area contributed by atoms with Crippen molar-refractivity contribution < 1.29 is 9.59 Å². The maximum absolute atomic E-state index is 12.4. The van der Waals surface area contributed by atoms with Crippen molar-refractivity contribution in [3.05, 3.63) is 71.3 Å². The number of rotatable bonds is 2. The second-order valence-corrected chi connectivity index (χ2v) is 5.73. The first-order chi connectivity index (χ1) is 10.2. The summed E-state index contributed by atoms with van der Waals surface area (Å²) in [4.78, 5) is 27.2. The molecule has 21 heavy (non-hydrogen) atoms. The van der Waals surface area contributed by atoms with E-state index in [9.17, 15) is 9.59 Å². The SMILES string of the molecule is CC(=O)N(/C=C1\Sc2ccccc2C1=O)c1ccccc1. The summed E-state index contributed by atoms with van der Waals surface area (Å²) in [6.45, 7) is 1.49. The molecule has 0 saturated carbocycles. The highest BCUT2D eigenvalue weighted by molar-refractivity contribution is 8.04. The number of fused-ring (bicyclic) bond motifs is 1. The Labute approximate surface area is 127 Å². The molecule has 2 aromatic carbocycles. The van der Waals surface area contributed by atoms with Crippen LogP contribution in [0.4, 0.5) is 5.69 Å². The fourth-order valence-corrected chi connectivity index (χ4v) is 3.19. The molecule has 0 spiro atoms. The van der Waals surface area contributed by atoms with E-state index in [1.54, 1.807) is 6.20 Å². The summed E-state index contributed by atoms with van der Waals surface area (Å²) in [6, 6.07) is 16.8. The number of anilines is 1. The number of hydrogen-bond donors (Lipinski definition) is 0. The minimum atomic E-state index is -0.127. The lowest BCUT2D eigenvalue weighted by Gasteiger charge is -2.17. The van der Waals surface area contributed by atoms with Gasteiger partial charge in [0.05, 0.1) is 4.91 Å². The number of carbonyl (C=O) groups is 2. The van der Waals surface area contributed by atoms with E-state index in [4.69, 9.17) is 0 Å².